The van der Waals surface area contributed by atoms with Crippen LogP contribution in [0, 0.1) is 0 Å². The lowest BCUT2D eigenvalue weighted by Gasteiger charge is -2.49. The summed E-state index contributed by atoms with van der Waals surface area (Å²) in [6, 6.07) is 6.46. The van der Waals surface area contributed by atoms with Crippen molar-refractivity contribution in [1.29, 1.82) is 0 Å². The van der Waals surface area contributed by atoms with Crippen LogP contribution >= 0.6 is 23.4 Å². The van der Waals surface area contributed by atoms with Crippen molar-refractivity contribution in [1.82, 2.24) is 10.2 Å². The van der Waals surface area contributed by atoms with Gasteiger partial charge in [0.25, 0.3) is 5.91 Å². The lowest BCUT2D eigenvalue weighted by atomic mass is 10.0. The van der Waals surface area contributed by atoms with E-state index in [4.69, 9.17) is 16.3 Å². The maximum atomic E-state index is 12.5. The van der Waals surface area contributed by atoms with Crippen molar-refractivity contribution in [3.05, 3.63) is 41.1 Å². The minimum absolute atomic E-state index is 0.0410. The Labute approximate surface area is 181 Å². The summed E-state index contributed by atoms with van der Waals surface area (Å²) in [5, 5.41) is 14.6. The van der Waals surface area contributed by atoms with E-state index in [0.29, 0.717) is 11.5 Å². The third-order valence-electron chi connectivity index (χ3n) is 4.58. The van der Waals surface area contributed by atoms with Gasteiger partial charge in [0, 0.05) is 29.8 Å². The molecule has 1 saturated heterocycles. The molecule has 0 bridgehead atoms. The number of carboxylic acids is 1. The molecule has 11 heteroatoms. The molecule has 0 aliphatic carbocycles. The molecule has 9 nitrogen and oxygen atoms in total. The van der Waals surface area contributed by atoms with Crippen LogP contribution in [-0.4, -0.2) is 64.1 Å². The van der Waals surface area contributed by atoms with Gasteiger partial charge in [-0.2, -0.15) is 0 Å². The summed E-state index contributed by atoms with van der Waals surface area (Å²) in [5.41, 5.74) is 1.85. The van der Waals surface area contributed by atoms with Crippen LogP contribution in [0.1, 0.15) is 12.5 Å². The molecule has 1 aromatic carbocycles. The van der Waals surface area contributed by atoms with Crippen LogP contribution in [0.3, 0.4) is 0 Å². The highest BCUT2D eigenvalue weighted by atomic mass is 35.5. The van der Waals surface area contributed by atoms with Crippen LogP contribution in [0.5, 0.6) is 0 Å². The zero-order chi connectivity index (χ0) is 21.8. The molecule has 1 fully saturated rings. The molecular weight excluding hydrogens is 434 g/mol. The van der Waals surface area contributed by atoms with Crippen LogP contribution in [-0.2, 0) is 29.8 Å². The summed E-state index contributed by atoms with van der Waals surface area (Å²) in [6.07, 6.45) is 0. The molecule has 2 aliphatic rings. The number of carbonyl (C=O) groups is 4. The fourth-order valence-corrected chi connectivity index (χ4v) is 4.61. The number of amides is 2. The summed E-state index contributed by atoms with van der Waals surface area (Å²) < 4.78 is 4.89. The summed E-state index contributed by atoms with van der Waals surface area (Å²) in [5.74, 6) is -2.03. The first kappa shape index (κ1) is 22.0. The van der Waals surface area contributed by atoms with Gasteiger partial charge in [0.05, 0.1) is 6.54 Å². The summed E-state index contributed by atoms with van der Waals surface area (Å²) in [7, 11) is 0. The second-order valence-corrected chi connectivity index (χ2v) is 8.05. The molecule has 2 unspecified atom stereocenters. The van der Waals surface area contributed by atoms with Crippen LogP contribution in [0.4, 0.5) is 5.69 Å². The Morgan fingerprint density at radius 3 is 2.60 bits per heavy atom. The molecule has 0 saturated carbocycles. The van der Waals surface area contributed by atoms with E-state index in [0.717, 1.165) is 16.2 Å². The standard InChI is InChI=1S/C19H20ClN3O6S/c1-10(24)29-8-12-9-30-18-15(17(26)23(18)16(12)19(27)28)22-14(25)7-21-13-4-2-11(6-20)3-5-13/h2-5,15,18,21H,6-9H2,1H3,(H,22,25)(H,27,28). The fraction of sp³-hybridized carbons (Fsp3) is 0.368. The van der Waals surface area contributed by atoms with Crippen molar-refractivity contribution < 1.29 is 29.0 Å². The van der Waals surface area contributed by atoms with Gasteiger partial charge >= 0.3 is 11.9 Å². The summed E-state index contributed by atoms with van der Waals surface area (Å²) in [4.78, 5) is 48.6. The second-order valence-electron chi connectivity index (χ2n) is 6.68. The number of nitrogens with one attached hydrogen (secondary N) is 2. The monoisotopic (exact) mass is 453 g/mol. The summed E-state index contributed by atoms with van der Waals surface area (Å²) >= 11 is 7.05. The van der Waals surface area contributed by atoms with Crippen molar-refractivity contribution >= 4 is 52.8 Å². The number of hydrogen-bond donors (Lipinski definition) is 3. The molecule has 3 rings (SSSR count). The normalized spacial score (nSPS) is 20.2. The number of carboxylic acid groups (broad SMARTS) is 1. The molecule has 2 heterocycles. The van der Waals surface area contributed by atoms with Crippen molar-refractivity contribution in [2.45, 2.75) is 24.2 Å². The minimum Gasteiger partial charge on any atom is -0.477 e. The maximum absolute atomic E-state index is 12.5. The van der Waals surface area contributed by atoms with E-state index in [-0.39, 0.29) is 30.5 Å². The van der Waals surface area contributed by atoms with Gasteiger partial charge in [-0.05, 0) is 17.7 Å². The highest BCUT2D eigenvalue weighted by molar-refractivity contribution is 8.00. The highest BCUT2D eigenvalue weighted by Crippen LogP contribution is 2.40. The number of ether oxygens (including phenoxy) is 1. The third-order valence-corrected chi connectivity index (χ3v) is 6.23. The number of β-lactam (4-membered cyclic amide) rings is 1. The predicted molar refractivity (Wildman–Crippen MR) is 111 cm³/mol. The van der Waals surface area contributed by atoms with E-state index in [2.05, 4.69) is 10.6 Å². The number of nitrogens with zero attached hydrogens (tertiary/aromatic N) is 1. The molecule has 2 aliphatic heterocycles. The number of carbonyl (C=O) groups excluding carboxylic acids is 3. The molecule has 2 amide bonds. The van der Waals surface area contributed by atoms with Gasteiger partial charge in [-0.3, -0.25) is 19.3 Å². The Morgan fingerprint density at radius 2 is 2.00 bits per heavy atom. The number of esters is 1. The first-order valence-corrected chi connectivity index (χ1v) is 10.6. The molecule has 160 valence electrons. The number of thioether (sulfide) groups is 1. The second kappa shape index (κ2) is 9.40. The Hall–Kier alpha value is -2.72. The van der Waals surface area contributed by atoms with E-state index in [9.17, 15) is 24.3 Å². The molecular formula is C19H20ClN3O6S. The molecule has 0 radical (unpaired) electrons. The van der Waals surface area contributed by atoms with Gasteiger partial charge in [0.1, 0.15) is 23.7 Å². The third kappa shape index (κ3) is 4.71. The average molecular weight is 454 g/mol. The lowest BCUT2D eigenvalue weighted by molar-refractivity contribution is -0.150. The van der Waals surface area contributed by atoms with Crippen molar-refractivity contribution in [2.24, 2.45) is 0 Å². The highest BCUT2D eigenvalue weighted by Gasteiger charge is 2.54. The van der Waals surface area contributed by atoms with Gasteiger partial charge in [0.2, 0.25) is 5.91 Å². The average Bonchev–Trinajstić information content (AvgIpc) is 2.73. The topological polar surface area (TPSA) is 125 Å². The van der Waals surface area contributed by atoms with E-state index >= 15 is 0 Å². The van der Waals surface area contributed by atoms with E-state index < -0.39 is 29.3 Å². The fourth-order valence-electron chi connectivity index (χ4n) is 3.10. The van der Waals surface area contributed by atoms with Gasteiger partial charge in [-0.1, -0.05) is 12.1 Å². The molecule has 30 heavy (non-hydrogen) atoms. The number of hydrogen-bond acceptors (Lipinski definition) is 7. The predicted octanol–water partition coefficient (Wildman–Crippen LogP) is 1.14. The van der Waals surface area contributed by atoms with Crippen molar-refractivity contribution in [2.75, 3.05) is 24.2 Å². The Balaban J connectivity index is 1.59. The molecule has 0 spiro atoms. The number of fused-ring (bicyclic) bond motifs is 1. The van der Waals surface area contributed by atoms with Gasteiger partial charge < -0.3 is 20.5 Å². The number of anilines is 1. The first-order valence-electron chi connectivity index (χ1n) is 9.03. The first-order chi connectivity index (χ1) is 14.3. The van der Waals surface area contributed by atoms with Crippen LogP contribution in [0.15, 0.2) is 35.5 Å². The summed E-state index contributed by atoms with van der Waals surface area (Å²) in [6.45, 7) is 0.991. The van der Waals surface area contributed by atoms with Gasteiger partial charge in [-0.25, -0.2) is 4.79 Å². The van der Waals surface area contributed by atoms with Crippen molar-refractivity contribution in [3.63, 3.8) is 0 Å². The number of halogens is 1. The molecule has 2 atom stereocenters. The molecule has 0 aromatic heterocycles. The number of benzene rings is 1. The van der Waals surface area contributed by atoms with Gasteiger partial charge in [0.15, 0.2) is 0 Å². The minimum atomic E-state index is -1.28. The SMILES string of the molecule is CC(=O)OCC1=C(C(=O)O)N2C(=O)C(NC(=O)CNc3ccc(CCl)cc3)C2SC1. The quantitative estimate of drug-likeness (QED) is 0.304. The maximum Gasteiger partial charge on any atom is 0.352 e. The lowest BCUT2D eigenvalue weighted by Crippen LogP contribution is -2.71. The zero-order valence-corrected chi connectivity index (χ0v) is 17.6. The Morgan fingerprint density at radius 1 is 1.30 bits per heavy atom. The largest absolute Gasteiger partial charge is 0.477 e. The van der Waals surface area contributed by atoms with Crippen LogP contribution in [0.25, 0.3) is 0 Å². The van der Waals surface area contributed by atoms with Crippen LogP contribution in [0.2, 0.25) is 0 Å². The van der Waals surface area contributed by atoms with Crippen LogP contribution < -0.4 is 10.6 Å². The van der Waals surface area contributed by atoms with E-state index in [1.54, 1.807) is 12.1 Å². The Kier molecular flexibility index (Phi) is 6.88. The zero-order valence-electron chi connectivity index (χ0n) is 16.0. The van der Waals surface area contributed by atoms with E-state index in [1.165, 1.54) is 18.7 Å². The molecule has 3 N–H and O–H groups in total. The number of rotatable bonds is 8. The van der Waals surface area contributed by atoms with Gasteiger partial charge in [-0.15, -0.1) is 23.4 Å². The molecule has 1 aromatic rings. The number of alkyl halides is 1. The number of aliphatic carboxylic acids is 1. The smallest absolute Gasteiger partial charge is 0.352 e. The Bertz CT molecular complexity index is 904. The van der Waals surface area contributed by atoms with E-state index in [1.807, 2.05) is 12.1 Å². The van der Waals surface area contributed by atoms with Crippen molar-refractivity contribution in [3.8, 4) is 0 Å².